The van der Waals surface area contributed by atoms with Crippen LogP contribution in [0.4, 0.5) is 5.82 Å². The minimum atomic E-state index is 0.588. The van der Waals surface area contributed by atoms with Crippen molar-refractivity contribution < 1.29 is 0 Å². The maximum absolute atomic E-state index is 5.87. The van der Waals surface area contributed by atoms with Gasteiger partial charge in [-0.25, -0.2) is 9.97 Å². The second kappa shape index (κ2) is 6.71. The van der Waals surface area contributed by atoms with Crippen LogP contribution in [0.15, 0.2) is 12.4 Å². The van der Waals surface area contributed by atoms with Gasteiger partial charge in [0.1, 0.15) is 17.0 Å². The molecule has 5 heteroatoms. The highest BCUT2D eigenvalue weighted by Crippen LogP contribution is 2.33. The van der Waals surface area contributed by atoms with Gasteiger partial charge in [0.15, 0.2) is 0 Å². The highest BCUT2D eigenvalue weighted by atomic mass is 32.1. The minimum Gasteiger partial charge on any atom is -0.352 e. The summed E-state index contributed by atoms with van der Waals surface area (Å²) in [7, 11) is 0. The molecule has 0 atom stereocenters. The molecule has 0 saturated heterocycles. The Morgan fingerprint density at radius 3 is 2.81 bits per heavy atom. The number of aromatic nitrogens is 2. The van der Waals surface area contributed by atoms with E-state index < -0.39 is 0 Å². The summed E-state index contributed by atoms with van der Waals surface area (Å²) in [5.41, 5.74) is 5.87. The van der Waals surface area contributed by atoms with Crippen LogP contribution in [-0.4, -0.2) is 29.1 Å². The number of fused-ring (bicyclic) bond motifs is 1. The van der Waals surface area contributed by atoms with E-state index in [0.29, 0.717) is 12.6 Å². The number of hydrogen-bond acceptors (Lipinski definition) is 5. The normalized spacial score (nSPS) is 16.5. The van der Waals surface area contributed by atoms with Gasteiger partial charge in [-0.05, 0) is 25.3 Å². The van der Waals surface area contributed by atoms with Crippen LogP contribution in [0.25, 0.3) is 10.2 Å². The molecule has 0 radical (unpaired) electrons. The third-order valence-corrected chi connectivity index (χ3v) is 5.55. The molecule has 2 aromatic rings. The highest BCUT2D eigenvalue weighted by Gasteiger charge is 2.24. The van der Waals surface area contributed by atoms with Crippen molar-refractivity contribution in [1.82, 2.24) is 9.97 Å². The predicted molar refractivity (Wildman–Crippen MR) is 90.1 cm³/mol. The van der Waals surface area contributed by atoms with E-state index in [2.05, 4.69) is 27.9 Å². The summed E-state index contributed by atoms with van der Waals surface area (Å²) >= 11 is 1.78. The summed E-state index contributed by atoms with van der Waals surface area (Å²) in [6.07, 6.45) is 9.30. The van der Waals surface area contributed by atoms with E-state index in [0.717, 1.165) is 23.6 Å². The van der Waals surface area contributed by atoms with Gasteiger partial charge >= 0.3 is 0 Å². The molecule has 0 spiro atoms. The molecule has 1 fully saturated rings. The van der Waals surface area contributed by atoms with Crippen LogP contribution in [0.2, 0.25) is 0 Å². The van der Waals surface area contributed by atoms with Gasteiger partial charge in [0.05, 0.1) is 5.39 Å². The Balaban J connectivity index is 1.99. The van der Waals surface area contributed by atoms with E-state index in [1.807, 2.05) is 0 Å². The number of rotatable bonds is 5. The summed E-state index contributed by atoms with van der Waals surface area (Å²) in [4.78, 5) is 14.0. The summed E-state index contributed by atoms with van der Waals surface area (Å²) in [6.45, 7) is 3.75. The van der Waals surface area contributed by atoms with E-state index >= 15 is 0 Å². The number of anilines is 1. The quantitative estimate of drug-likeness (QED) is 0.920. The number of hydrogen-bond donors (Lipinski definition) is 1. The lowest BCUT2D eigenvalue weighted by atomic mass is 9.94. The highest BCUT2D eigenvalue weighted by molar-refractivity contribution is 7.18. The zero-order chi connectivity index (χ0) is 14.7. The largest absolute Gasteiger partial charge is 0.352 e. The first kappa shape index (κ1) is 14.7. The van der Waals surface area contributed by atoms with E-state index in [1.165, 1.54) is 42.4 Å². The summed E-state index contributed by atoms with van der Waals surface area (Å²) in [5, 5.41) is 1.21. The van der Waals surface area contributed by atoms with Crippen molar-refractivity contribution in [2.24, 2.45) is 5.73 Å². The van der Waals surface area contributed by atoms with Crippen LogP contribution in [0.5, 0.6) is 0 Å². The lowest BCUT2D eigenvalue weighted by molar-refractivity contribution is 0.414. The predicted octanol–water partition coefficient (Wildman–Crippen LogP) is 3.35. The first-order chi connectivity index (χ1) is 10.3. The molecule has 1 aliphatic carbocycles. The van der Waals surface area contributed by atoms with Crippen molar-refractivity contribution >= 4 is 27.4 Å². The topological polar surface area (TPSA) is 55.0 Å². The second-order valence-corrected chi connectivity index (χ2v) is 6.87. The van der Waals surface area contributed by atoms with E-state index in [9.17, 15) is 0 Å². The summed E-state index contributed by atoms with van der Waals surface area (Å²) in [6, 6.07) is 2.85. The van der Waals surface area contributed by atoms with Crippen molar-refractivity contribution in [1.29, 1.82) is 0 Å². The van der Waals surface area contributed by atoms with Crippen molar-refractivity contribution in [3.05, 3.63) is 17.3 Å². The van der Waals surface area contributed by atoms with Crippen LogP contribution in [0.3, 0.4) is 0 Å². The van der Waals surface area contributed by atoms with Crippen LogP contribution in [-0.2, 0) is 6.42 Å². The van der Waals surface area contributed by atoms with Gasteiger partial charge in [-0.1, -0.05) is 26.2 Å². The Morgan fingerprint density at radius 2 is 2.10 bits per heavy atom. The molecule has 0 aliphatic heterocycles. The fourth-order valence-corrected chi connectivity index (χ4v) is 4.22. The van der Waals surface area contributed by atoms with E-state index in [4.69, 9.17) is 5.73 Å². The standard InChI is InChI=1S/C16H24N4S/c1-2-13-10-14-15(18-11-19-16(14)21-13)20(9-8-17)12-6-4-3-5-7-12/h10-12H,2-9,17H2,1H3. The molecular formula is C16H24N4S. The Hall–Kier alpha value is -1.20. The molecule has 2 N–H and O–H groups in total. The fraction of sp³-hybridized carbons (Fsp3) is 0.625. The average molecular weight is 304 g/mol. The molecule has 2 heterocycles. The van der Waals surface area contributed by atoms with Gasteiger partial charge in [-0.15, -0.1) is 11.3 Å². The smallest absolute Gasteiger partial charge is 0.141 e. The summed E-state index contributed by atoms with van der Waals surface area (Å²) in [5.74, 6) is 1.09. The molecular weight excluding hydrogens is 280 g/mol. The van der Waals surface area contributed by atoms with Gasteiger partial charge < -0.3 is 10.6 Å². The molecule has 0 aromatic carbocycles. The third kappa shape index (κ3) is 3.04. The van der Waals surface area contributed by atoms with Crippen molar-refractivity contribution in [3.8, 4) is 0 Å². The first-order valence-electron chi connectivity index (χ1n) is 8.03. The van der Waals surface area contributed by atoms with E-state index in [1.54, 1.807) is 17.7 Å². The average Bonchev–Trinajstić information content (AvgIpc) is 2.97. The Kier molecular flexibility index (Phi) is 4.70. The molecule has 2 aromatic heterocycles. The van der Waals surface area contributed by atoms with Crippen molar-refractivity contribution in [2.75, 3.05) is 18.0 Å². The van der Waals surface area contributed by atoms with Gasteiger partial charge in [0.25, 0.3) is 0 Å². The number of aryl methyl sites for hydroxylation is 1. The number of thiophene rings is 1. The Labute approximate surface area is 130 Å². The maximum Gasteiger partial charge on any atom is 0.141 e. The SMILES string of the molecule is CCc1cc2c(N(CCN)C3CCCCC3)ncnc2s1. The third-order valence-electron chi connectivity index (χ3n) is 4.37. The number of nitrogens with zero attached hydrogens (tertiary/aromatic N) is 3. The first-order valence-corrected chi connectivity index (χ1v) is 8.85. The lowest BCUT2D eigenvalue weighted by Gasteiger charge is -2.35. The van der Waals surface area contributed by atoms with Crippen LogP contribution >= 0.6 is 11.3 Å². The molecule has 3 rings (SSSR count). The van der Waals surface area contributed by atoms with E-state index in [-0.39, 0.29) is 0 Å². The van der Waals surface area contributed by atoms with Gasteiger partial charge in [-0.2, -0.15) is 0 Å². The van der Waals surface area contributed by atoms with Crippen LogP contribution < -0.4 is 10.6 Å². The second-order valence-electron chi connectivity index (χ2n) is 5.76. The Bertz CT molecular complexity index is 589. The minimum absolute atomic E-state index is 0.588. The molecule has 1 aliphatic rings. The fourth-order valence-electron chi connectivity index (χ4n) is 3.29. The van der Waals surface area contributed by atoms with Gasteiger partial charge in [0, 0.05) is 24.0 Å². The van der Waals surface area contributed by atoms with Crippen LogP contribution in [0, 0.1) is 0 Å². The zero-order valence-electron chi connectivity index (χ0n) is 12.7. The van der Waals surface area contributed by atoms with Crippen molar-refractivity contribution in [3.63, 3.8) is 0 Å². The molecule has 0 bridgehead atoms. The molecule has 0 amide bonds. The molecule has 114 valence electrons. The lowest BCUT2D eigenvalue weighted by Crippen LogP contribution is -2.40. The van der Waals surface area contributed by atoms with Gasteiger partial charge in [0.2, 0.25) is 0 Å². The molecule has 1 saturated carbocycles. The maximum atomic E-state index is 5.87. The van der Waals surface area contributed by atoms with Crippen molar-refractivity contribution in [2.45, 2.75) is 51.5 Å². The molecule has 4 nitrogen and oxygen atoms in total. The summed E-state index contributed by atoms with van der Waals surface area (Å²) < 4.78 is 0. The Morgan fingerprint density at radius 1 is 1.29 bits per heavy atom. The van der Waals surface area contributed by atoms with Gasteiger partial charge in [-0.3, -0.25) is 0 Å². The van der Waals surface area contributed by atoms with Crippen LogP contribution in [0.1, 0.15) is 43.9 Å². The molecule has 21 heavy (non-hydrogen) atoms. The zero-order valence-corrected chi connectivity index (χ0v) is 13.5. The molecule has 0 unspecified atom stereocenters. The number of nitrogens with two attached hydrogens (primary N) is 1. The monoisotopic (exact) mass is 304 g/mol.